The highest BCUT2D eigenvalue weighted by molar-refractivity contribution is 6.01. The van der Waals surface area contributed by atoms with Gasteiger partial charge >= 0.3 is 6.29 Å². The van der Waals surface area contributed by atoms with Crippen molar-refractivity contribution >= 4 is 12.0 Å². The molecule has 0 aliphatic carbocycles. The molecule has 1 amide bonds. The van der Waals surface area contributed by atoms with Gasteiger partial charge in [-0.15, -0.1) is 8.78 Å². The van der Waals surface area contributed by atoms with Crippen molar-refractivity contribution in [3.05, 3.63) is 65.2 Å². The van der Waals surface area contributed by atoms with Gasteiger partial charge in [-0.05, 0) is 36.3 Å². The van der Waals surface area contributed by atoms with Crippen molar-refractivity contribution in [3.8, 4) is 17.6 Å². The van der Waals surface area contributed by atoms with Crippen molar-refractivity contribution < 1.29 is 23.0 Å². The summed E-state index contributed by atoms with van der Waals surface area (Å²) in [6.07, 6.45) is -2.42. The van der Waals surface area contributed by atoms with Crippen molar-refractivity contribution in [2.24, 2.45) is 0 Å². The SMILES string of the molecule is C[C@H](NC(=O)/C(C#N)=C/c1ccc2c(c1)OC(F)(F)O2)c1ccccc1. The lowest BCUT2D eigenvalue weighted by Crippen LogP contribution is -2.27. The molecule has 26 heavy (non-hydrogen) atoms. The molecule has 1 aliphatic rings. The van der Waals surface area contributed by atoms with Crippen LogP contribution in [0.4, 0.5) is 8.78 Å². The second-order valence-corrected chi connectivity index (χ2v) is 5.65. The molecular weight excluding hydrogens is 342 g/mol. The summed E-state index contributed by atoms with van der Waals surface area (Å²) < 4.78 is 34.8. The Hall–Kier alpha value is -3.40. The predicted octanol–water partition coefficient (Wildman–Crippen LogP) is 3.79. The highest BCUT2D eigenvalue weighted by Gasteiger charge is 2.43. The molecule has 1 heterocycles. The summed E-state index contributed by atoms with van der Waals surface area (Å²) >= 11 is 0. The van der Waals surface area contributed by atoms with E-state index in [9.17, 15) is 18.8 Å². The lowest BCUT2D eigenvalue weighted by Gasteiger charge is -2.13. The molecule has 0 unspecified atom stereocenters. The van der Waals surface area contributed by atoms with Crippen LogP contribution in [0.25, 0.3) is 6.08 Å². The quantitative estimate of drug-likeness (QED) is 0.668. The van der Waals surface area contributed by atoms with E-state index in [1.54, 1.807) is 6.92 Å². The number of halogens is 2. The summed E-state index contributed by atoms with van der Waals surface area (Å²) in [7, 11) is 0. The van der Waals surface area contributed by atoms with Gasteiger partial charge in [0.2, 0.25) is 0 Å². The fourth-order valence-corrected chi connectivity index (χ4v) is 2.47. The van der Waals surface area contributed by atoms with Crippen LogP contribution < -0.4 is 14.8 Å². The normalized spacial score (nSPS) is 15.8. The molecule has 1 atom stereocenters. The van der Waals surface area contributed by atoms with Crippen LogP contribution in [0.5, 0.6) is 11.5 Å². The van der Waals surface area contributed by atoms with Crippen molar-refractivity contribution in [2.45, 2.75) is 19.3 Å². The number of nitriles is 1. The van der Waals surface area contributed by atoms with Gasteiger partial charge in [-0.3, -0.25) is 4.79 Å². The maximum Gasteiger partial charge on any atom is 0.586 e. The molecule has 0 spiro atoms. The van der Waals surface area contributed by atoms with E-state index in [1.165, 1.54) is 24.3 Å². The van der Waals surface area contributed by atoms with Crippen molar-refractivity contribution in [2.75, 3.05) is 0 Å². The van der Waals surface area contributed by atoms with E-state index >= 15 is 0 Å². The Morgan fingerprint density at radius 2 is 1.88 bits per heavy atom. The number of nitrogens with one attached hydrogen (secondary N) is 1. The number of alkyl halides is 2. The van der Waals surface area contributed by atoms with Gasteiger partial charge < -0.3 is 14.8 Å². The zero-order valence-corrected chi connectivity index (χ0v) is 13.7. The first kappa shape index (κ1) is 17.4. The summed E-state index contributed by atoms with van der Waals surface area (Å²) in [6.45, 7) is 1.80. The Bertz CT molecular complexity index is 905. The number of fused-ring (bicyclic) bond motifs is 1. The van der Waals surface area contributed by atoms with Gasteiger partial charge in [0.25, 0.3) is 5.91 Å². The van der Waals surface area contributed by atoms with Gasteiger partial charge in [-0.25, -0.2) is 0 Å². The summed E-state index contributed by atoms with van der Waals surface area (Å²) in [5, 5.41) is 12.0. The Labute approximate surface area is 148 Å². The fourth-order valence-electron chi connectivity index (χ4n) is 2.47. The molecular formula is C19H14F2N2O3. The lowest BCUT2D eigenvalue weighted by molar-refractivity contribution is -0.286. The number of benzene rings is 2. The van der Waals surface area contributed by atoms with Crippen LogP contribution in [0.3, 0.4) is 0 Å². The highest BCUT2D eigenvalue weighted by atomic mass is 19.3. The minimum atomic E-state index is -3.72. The average Bonchev–Trinajstić information content (AvgIpc) is 2.93. The Balaban J connectivity index is 1.77. The summed E-state index contributed by atoms with van der Waals surface area (Å²) in [5.74, 6) is -0.821. The lowest BCUT2D eigenvalue weighted by atomic mass is 10.1. The molecule has 0 fully saturated rings. The van der Waals surface area contributed by atoms with E-state index in [0.29, 0.717) is 5.56 Å². The molecule has 0 radical (unpaired) electrons. The van der Waals surface area contributed by atoms with Gasteiger partial charge in [0.1, 0.15) is 11.6 Å². The van der Waals surface area contributed by atoms with E-state index < -0.39 is 12.2 Å². The topological polar surface area (TPSA) is 71.4 Å². The Kier molecular flexibility index (Phi) is 4.59. The minimum absolute atomic E-state index is 0.104. The van der Waals surface area contributed by atoms with Crippen molar-refractivity contribution in [1.29, 1.82) is 5.26 Å². The second-order valence-electron chi connectivity index (χ2n) is 5.65. The van der Waals surface area contributed by atoms with Crippen LogP contribution in [0.2, 0.25) is 0 Å². The minimum Gasteiger partial charge on any atom is -0.395 e. The van der Waals surface area contributed by atoms with Gasteiger partial charge in [-0.2, -0.15) is 5.26 Å². The van der Waals surface area contributed by atoms with Crippen molar-refractivity contribution in [3.63, 3.8) is 0 Å². The summed E-state index contributed by atoms with van der Waals surface area (Å²) in [6, 6.07) is 14.8. The number of rotatable bonds is 4. The molecule has 0 saturated carbocycles. The molecule has 5 nitrogen and oxygen atoms in total. The first-order valence-electron chi connectivity index (χ1n) is 7.75. The molecule has 0 saturated heterocycles. The highest BCUT2D eigenvalue weighted by Crippen LogP contribution is 2.41. The van der Waals surface area contributed by atoms with E-state index in [0.717, 1.165) is 5.56 Å². The van der Waals surface area contributed by atoms with E-state index in [2.05, 4.69) is 14.8 Å². The maximum absolute atomic E-state index is 13.1. The molecule has 2 aromatic rings. The van der Waals surface area contributed by atoms with Crippen LogP contribution in [0.1, 0.15) is 24.1 Å². The zero-order chi connectivity index (χ0) is 18.7. The molecule has 3 rings (SSSR count). The third kappa shape index (κ3) is 3.81. The number of ether oxygens (including phenoxy) is 2. The average molecular weight is 356 g/mol. The van der Waals surface area contributed by atoms with Crippen LogP contribution in [0, 0.1) is 11.3 Å². The number of hydrogen-bond acceptors (Lipinski definition) is 4. The third-order valence-corrected chi connectivity index (χ3v) is 3.75. The zero-order valence-electron chi connectivity index (χ0n) is 13.7. The van der Waals surface area contributed by atoms with Gasteiger partial charge in [0.15, 0.2) is 11.5 Å². The first-order valence-corrected chi connectivity index (χ1v) is 7.75. The predicted molar refractivity (Wildman–Crippen MR) is 89.2 cm³/mol. The van der Waals surface area contributed by atoms with E-state index in [4.69, 9.17) is 0 Å². The van der Waals surface area contributed by atoms with Gasteiger partial charge in [-0.1, -0.05) is 36.4 Å². The fraction of sp³-hybridized carbons (Fsp3) is 0.158. The first-order chi connectivity index (χ1) is 12.4. The molecule has 1 N–H and O–H groups in total. The molecule has 0 bridgehead atoms. The number of carbonyl (C=O) groups excluding carboxylic acids is 1. The van der Waals surface area contributed by atoms with Crippen LogP contribution in [0.15, 0.2) is 54.1 Å². The molecule has 2 aromatic carbocycles. The number of carbonyl (C=O) groups is 1. The van der Waals surface area contributed by atoms with Crippen LogP contribution in [-0.2, 0) is 4.79 Å². The smallest absolute Gasteiger partial charge is 0.395 e. The molecule has 132 valence electrons. The largest absolute Gasteiger partial charge is 0.586 e. The Morgan fingerprint density at radius 3 is 2.58 bits per heavy atom. The molecule has 1 aliphatic heterocycles. The third-order valence-electron chi connectivity index (χ3n) is 3.75. The number of hydrogen-bond donors (Lipinski definition) is 1. The van der Waals surface area contributed by atoms with Crippen LogP contribution in [-0.4, -0.2) is 12.2 Å². The Morgan fingerprint density at radius 1 is 1.19 bits per heavy atom. The second kappa shape index (κ2) is 6.84. The van der Waals surface area contributed by atoms with E-state index in [1.807, 2.05) is 36.4 Å². The molecule has 7 heteroatoms. The summed E-state index contributed by atoms with van der Waals surface area (Å²) in [4.78, 5) is 12.3. The number of nitrogens with zero attached hydrogens (tertiary/aromatic N) is 1. The van der Waals surface area contributed by atoms with Gasteiger partial charge in [0, 0.05) is 0 Å². The van der Waals surface area contributed by atoms with E-state index in [-0.39, 0.29) is 23.1 Å². The monoisotopic (exact) mass is 356 g/mol. The molecule has 0 aromatic heterocycles. The number of amides is 1. The summed E-state index contributed by atoms with van der Waals surface area (Å²) in [5.41, 5.74) is 1.10. The maximum atomic E-state index is 13.1. The van der Waals surface area contributed by atoms with Crippen molar-refractivity contribution in [1.82, 2.24) is 5.32 Å². The standard InChI is InChI=1S/C19H14F2N2O3/c1-12(14-5-3-2-4-6-14)23-18(24)15(11-22)9-13-7-8-16-17(10-13)26-19(20,21)25-16/h2-10,12H,1H3,(H,23,24)/b15-9+/t12-/m0/s1. The van der Waals surface area contributed by atoms with Gasteiger partial charge in [0.05, 0.1) is 6.04 Å². The van der Waals surface area contributed by atoms with Crippen LogP contribution >= 0.6 is 0 Å².